The number of amides is 1. The van der Waals surface area contributed by atoms with Crippen molar-refractivity contribution < 1.29 is 4.79 Å². The molecule has 0 aromatic heterocycles. The van der Waals surface area contributed by atoms with Gasteiger partial charge in [-0.15, -0.1) is 24.8 Å². The molecule has 1 aliphatic rings. The minimum absolute atomic E-state index is 0. The molecule has 6 heteroatoms. The molecule has 0 bridgehead atoms. The molecule has 1 fully saturated rings. The highest BCUT2D eigenvalue weighted by atomic mass is 35.5. The quantitative estimate of drug-likeness (QED) is 0.859. The highest BCUT2D eigenvalue weighted by Crippen LogP contribution is 2.26. The molecular formula is C18H31Cl2N3O. The Bertz CT molecular complexity index is 476. The molecule has 2 unspecified atom stereocenters. The highest BCUT2D eigenvalue weighted by Gasteiger charge is 2.31. The van der Waals surface area contributed by atoms with Crippen LogP contribution in [0.5, 0.6) is 0 Å². The first kappa shape index (κ1) is 23.2. The molecule has 0 spiro atoms. The van der Waals surface area contributed by atoms with Crippen LogP contribution < -0.4 is 5.73 Å². The summed E-state index contributed by atoms with van der Waals surface area (Å²) < 4.78 is 0. The van der Waals surface area contributed by atoms with Crippen LogP contribution in [0.3, 0.4) is 0 Å². The molecule has 1 amide bonds. The Morgan fingerprint density at radius 3 is 2.25 bits per heavy atom. The van der Waals surface area contributed by atoms with E-state index in [0.717, 1.165) is 38.0 Å². The fourth-order valence-electron chi connectivity index (χ4n) is 3.22. The maximum absolute atomic E-state index is 13.0. The van der Waals surface area contributed by atoms with Crippen molar-refractivity contribution in [3.63, 3.8) is 0 Å². The highest BCUT2D eigenvalue weighted by molar-refractivity contribution is 5.85. The van der Waals surface area contributed by atoms with Crippen molar-refractivity contribution in [3.8, 4) is 0 Å². The van der Waals surface area contributed by atoms with Gasteiger partial charge in [0.15, 0.2) is 0 Å². The van der Waals surface area contributed by atoms with Crippen LogP contribution in [-0.2, 0) is 4.79 Å². The third-order valence-corrected chi connectivity index (χ3v) is 4.88. The fourth-order valence-corrected chi connectivity index (χ4v) is 3.22. The number of carbonyl (C=O) groups excluding carboxylic acids is 1. The summed E-state index contributed by atoms with van der Waals surface area (Å²) in [5.41, 5.74) is 7.07. The smallest absolute Gasteiger partial charge is 0.244 e. The number of piperidine rings is 1. The van der Waals surface area contributed by atoms with E-state index in [9.17, 15) is 4.79 Å². The lowest BCUT2D eigenvalue weighted by molar-refractivity contribution is -0.138. The summed E-state index contributed by atoms with van der Waals surface area (Å²) in [7, 11) is 2.02. The Morgan fingerprint density at radius 1 is 1.25 bits per heavy atom. The van der Waals surface area contributed by atoms with E-state index in [0.29, 0.717) is 5.92 Å². The van der Waals surface area contributed by atoms with Gasteiger partial charge in [-0.25, -0.2) is 0 Å². The Kier molecular flexibility index (Phi) is 10.6. The molecule has 138 valence electrons. The Balaban J connectivity index is 0.00000264. The topological polar surface area (TPSA) is 49.6 Å². The molecule has 1 heterocycles. The van der Waals surface area contributed by atoms with E-state index in [4.69, 9.17) is 5.73 Å². The van der Waals surface area contributed by atoms with Crippen LogP contribution in [-0.4, -0.2) is 48.4 Å². The molecular weight excluding hydrogens is 345 g/mol. The average molecular weight is 376 g/mol. The van der Waals surface area contributed by atoms with Gasteiger partial charge in [0.05, 0.1) is 0 Å². The Labute approximate surface area is 158 Å². The molecule has 2 atom stereocenters. The van der Waals surface area contributed by atoms with Crippen LogP contribution in [0.25, 0.3) is 0 Å². The third kappa shape index (κ3) is 5.62. The predicted octanol–water partition coefficient (Wildman–Crippen LogP) is 3.11. The van der Waals surface area contributed by atoms with E-state index in [2.05, 4.69) is 18.7 Å². The molecule has 4 nitrogen and oxygen atoms in total. The SMILES string of the molecule is CCN(C)C(C(=O)N1CCC(C(C)N)CC1)c1ccccc1.Cl.Cl. The molecule has 1 saturated heterocycles. The van der Waals surface area contributed by atoms with Gasteiger partial charge >= 0.3 is 0 Å². The molecule has 2 N–H and O–H groups in total. The molecule has 24 heavy (non-hydrogen) atoms. The molecule has 1 aromatic carbocycles. The standard InChI is InChI=1S/C18H29N3O.2ClH/c1-4-20(3)17(16-8-6-5-7-9-16)18(22)21-12-10-15(11-13-21)14(2)19;;/h5-9,14-15,17H,4,10-13,19H2,1-3H3;2*1H. The van der Waals surface area contributed by atoms with Gasteiger partial charge < -0.3 is 10.6 Å². The second kappa shape index (κ2) is 10.9. The Morgan fingerprint density at radius 2 is 1.79 bits per heavy atom. The van der Waals surface area contributed by atoms with E-state index in [1.165, 1.54) is 0 Å². The van der Waals surface area contributed by atoms with Crippen molar-refractivity contribution in [2.24, 2.45) is 11.7 Å². The number of rotatable bonds is 5. The van der Waals surface area contributed by atoms with Crippen LogP contribution in [0.2, 0.25) is 0 Å². The van der Waals surface area contributed by atoms with Crippen LogP contribution in [0.15, 0.2) is 30.3 Å². The summed E-state index contributed by atoms with van der Waals surface area (Å²) in [6, 6.07) is 10.1. The number of carbonyl (C=O) groups is 1. The maximum Gasteiger partial charge on any atom is 0.244 e. The summed E-state index contributed by atoms with van der Waals surface area (Å²) >= 11 is 0. The summed E-state index contributed by atoms with van der Waals surface area (Å²) in [4.78, 5) is 17.2. The van der Waals surface area contributed by atoms with Gasteiger partial charge in [-0.1, -0.05) is 37.3 Å². The number of nitrogens with zero attached hydrogens (tertiary/aromatic N) is 2. The zero-order chi connectivity index (χ0) is 16.1. The summed E-state index contributed by atoms with van der Waals surface area (Å²) in [5, 5.41) is 0. The Hall–Kier alpha value is -0.810. The molecule has 0 aliphatic carbocycles. The van der Waals surface area contributed by atoms with E-state index >= 15 is 0 Å². The third-order valence-electron chi connectivity index (χ3n) is 4.88. The monoisotopic (exact) mass is 375 g/mol. The number of halogens is 2. The number of hydrogen-bond donors (Lipinski definition) is 1. The first-order valence-electron chi connectivity index (χ1n) is 8.34. The van der Waals surface area contributed by atoms with Gasteiger partial charge in [0.2, 0.25) is 5.91 Å². The number of hydrogen-bond acceptors (Lipinski definition) is 3. The van der Waals surface area contributed by atoms with E-state index < -0.39 is 0 Å². The fraction of sp³-hybridized carbons (Fsp3) is 0.611. The van der Waals surface area contributed by atoms with Crippen molar-refractivity contribution >= 4 is 30.7 Å². The number of likely N-dealkylation sites (N-methyl/N-ethyl adjacent to an activating group) is 1. The first-order valence-corrected chi connectivity index (χ1v) is 8.34. The number of benzene rings is 1. The van der Waals surface area contributed by atoms with Crippen molar-refractivity contribution in [3.05, 3.63) is 35.9 Å². The van der Waals surface area contributed by atoms with Crippen molar-refractivity contribution in [2.45, 2.75) is 38.8 Å². The minimum Gasteiger partial charge on any atom is -0.341 e. The molecule has 1 aliphatic heterocycles. The molecule has 1 aromatic rings. The van der Waals surface area contributed by atoms with Crippen LogP contribution in [0.4, 0.5) is 0 Å². The molecule has 2 rings (SSSR count). The van der Waals surface area contributed by atoms with Crippen LogP contribution in [0.1, 0.15) is 38.3 Å². The predicted molar refractivity (Wildman–Crippen MR) is 105 cm³/mol. The van der Waals surface area contributed by atoms with E-state index in [1.54, 1.807) is 0 Å². The molecule has 0 radical (unpaired) electrons. The van der Waals surface area contributed by atoms with Crippen LogP contribution in [0, 0.1) is 5.92 Å². The average Bonchev–Trinajstić information content (AvgIpc) is 2.55. The van der Waals surface area contributed by atoms with Crippen molar-refractivity contribution in [1.29, 1.82) is 0 Å². The maximum atomic E-state index is 13.0. The summed E-state index contributed by atoms with van der Waals surface area (Å²) in [6.07, 6.45) is 2.03. The zero-order valence-electron chi connectivity index (χ0n) is 14.9. The van der Waals surface area contributed by atoms with Gasteiger partial charge in [-0.05, 0) is 44.8 Å². The summed E-state index contributed by atoms with van der Waals surface area (Å²) in [6.45, 7) is 6.66. The van der Waals surface area contributed by atoms with Crippen molar-refractivity contribution in [2.75, 3.05) is 26.7 Å². The lowest BCUT2D eigenvalue weighted by Gasteiger charge is -2.37. The summed E-state index contributed by atoms with van der Waals surface area (Å²) in [5.74, 6) is 0.766. The largest absolute Gasteiger partial charge is 0.341 e. The second-order valence-corrected chi connectivity index (χ2v) is 6.41. The second-order valence-electron chi connectivity index (χ2n) is 6.41. The first-order chi connectivity index (χ1) is 10.5. The van der Waals surface area contributed by atoms with Crippen molar-refractivity contribution in [1.82, 2.24) is 9.80 Å². The van der Waals surface area contributed by atoms with Gasteiger partial charge in [-0.2, -0.15) is 0 Å². The van der Waals surface area contributed by atoms with Gasteiger partial charge in [0.25, 0.3) is 0 Å². The van der Waals surface area contributed by atoms with Gasteiger partial charge in [0, 0.05) is 19.1 Å². The van der Waals surface area contributed by atoms with E-state index in [-0.39, 0.29) is 42.8 Å². The van der Waals surface area contributed by atoms with Crippen LogP contribution >= 0.6 is 24.8 Å². The van der Waals surface area contributed by atoms with Gasteiger partial charge in [0.1, 0.15) is 6.04 Å². The zero-order valence-corrected chi connectivity index (χ0v) is 16.5. The van der Waals surface area contributed by atoms with Gasteiger partial charge in [-0.3, -0.25) is 9.69 Å². The lowest BCUT2D eigenvalue weighted by atomic mass is 9.90. The lowest BCUT2D eigenvalue weighted by Crippen LogP contribution is -2.47. The number of nitrogens with two attached hydrogens (primary N) is 1. The normalized spacial score (nSPS) is 17.6. The van der Waals surface area contributed by atoms with E-state index in [1.807, 2.05) is 42.3 Å². The molecule has 0 saturated carbocycles. The minimum atomic E-state index is -0.182. The number of likely N-dealkylation sites (tertiary alicyclic amines) is 1.